The van der Waals surface area contributed by atoms with Crippen LogP contribution in [0.2, 0.25) is 0 Å². The van der Waals surface area contributed by atoms with Crippen LogP contribution in [-0.2, 0) is 0 Å². The smallest absolute Gasteiger partial charge is 0.236 e. The highest BCUT2D eigenvalue weighted by Crippen LogP contribution is 2.43. The lowest BCUT2D eigenvalue weighted by Crippen LogP contribution is -2.03. The monoisotopic (exact) mass is 626 g/mol. The Balaban J connectivity index is 1.35. The first kappa shape index (κ1) is 26.4. The van der Waals surface area contributed by atoms with Crippen LogP contribution in [0.15, 0.2) is 162 Å². The topological polar surface area (TPSA) is 48.8 Å². The van der Waals surface area contributed by atoms with E-state index in [1.54, 1.807) is 0 Å². The summed E-state index contributed by atoms with van der Waals surface area (Å²) >= 11 is 0. The van der Waals surface area contributed by atoms with E-state index in [4.69, 9.17) is 14.4 Å². The van der Waals surface area contributed by atoms with Gasteiger partial charge in [0, 0.05) is 27.4 Å². The van der Waals surface area contributed by atoms with E-state index in [9.17, 15) is 0 Å². The highest BCUT2D eigenvalue weighted by atomic mass is 16.3. The molecule has 0 unspecified atom stereocenters. The van der Waals surface area contributed by atoms with Gasteiger partial charge >= 0.3 is 0 Å². The zero-order valence-corrected chi connectivity index (χ0v) is 26.2. The second kappa shape index (κ2) is 9.89. The third-order valence-corrected chi connectivity index (χ3v) is 9.92. The van der Waals surface area contributed by atoms with Crippen molar-refractivity contribution in [2.24, 2.45) is 0 Å². The maximum absolute atomic E-state index is 6.86. The van der Waals surface area contributed by atoms with Crippen molar-refractivity contribution in [1.29, 1.82) is 0 Å². The molecule has 0 bridgehead atoms. The molecule has 0 aliphatic rings. The standard InChI is InChI=1S/C44H26N4O/c1-3-15-29(16-4-1)39-43-40(41-42(49-43)33-21-11-12-22-34(33)47(41)30-17-5-2-6-18-30)46-44(45-39)48-35-25-23-27-13-7-9-19-31(27)37(35)38-32-20-10-8-14-28(32)24-26-36(38)48/h1-26H. The second-order valence-electron chi connectivity index (χ2n) is 12.6. The summed E-state index contributed by atoms with van der Waals surface area (Å²) in [6.45, 7) is 0. The molecule has 4 heterocycles. The Morgan fingerprint density at radius 1 is 0.429 bits per heavy atom. The van der Waals surface area contributed by atoms with Crippen LogP contribution in [0.5, 0.6) is 0 Å². The molecule has 11 aromatic rings. The van der Waals surface area contributed by atoms with E-state index in [1.165, 1.54) is 32.3 Å². The van der Waals surface area contributed by atoms with Gasteiger partial charge in [0.25, 0.3) is 0 Å². The molecule has 0 atom stereocenters. The van der Waals surface area contributed by atoms with Crippen LogP contribution < -0.4 is 0 Å². The highest BCUT2D eigenvalue weighted by molar-refractivity contribution is 6.28. The maximum Gasteiger partial charge on any atom is 0.236 e. The fraction of sp³-hybridized carbons (Fsp3) is 0. The Morgan fingerprint density at radius 2 is 1.00 bits per heavy atom. The molecule has 0 amide bonds. The third-order valence-electron chi connectivity index (χ3n) is 9.92. The fourth-order valence-corrected chi connectivity index (χ4v) is 7.83. The molecule has 7 aromatic carbocycles. The van der Waals surface area contributed by atoms with Crippen LogP contribution in [-0.4, -0.2) is 19.1 Å². The predicted molar refractivity (Wildman–Crippen MR) is 201 cm³/mol. The summed E-state index contributed by atoms with van der Waals surface area (Å²) < 4.78 is 11.4. The van der Waals surface area contributed by atoms with Crippen molar-refractivity contribution in [3.8, 4) is 22.9 Å². The number of fused-ring (bicyclic) bond motifs is 12. The summed E-state index contributed by atoms with van der Waals surface area (Å²) in [6, 6.07) is 55.3. The number of para-hydroxylation sites is 2. The lowest BCUT2D eigenvalue weighted by molar-refractivity contribution is 0.670. The van der Waals surface area contributed by atoms with Gasteiger partial charge in [-0.3, -0.25) is 4.57 Å². The Kier molecular flexibility index (Phi) is 5.32. The van der Waals surface area contributed by atoms with E-state index < -0.39 is 0 Å². The van der Waals surface area contributed by atoms with Crippen LogP contribution in [0.1, 0.15) is 0 Å². The number of hydrogen-bond donors (Lipinski definition) is 0. The molecule has 4 aromatic heterocycles. The Morgan fingerprint density at radius 3 is 1.67 bits per heavy atom. The summed E-state index contributed by atoms with van der Waals surface area (Å²) in [7, 11) is 0. The van der Waals surface area contributed by atoms with Crippen molar-refractivity contribution in [2.45, 2.75) is 0 Å². The minimum absolute atomic E-state index is 0.601. The van der Waals surface area contributed by atoms with E-state index in [0.717, 1.165) is 55.5 Å². The van der Waals surface area contributed by atoms with E-state index in [2.05, 4.69) is 143 Å². The first-order chi connectivity index (χ1) is 24.3. The van der Waals surface area contributed by atoms with Crippen LogP contribution in [0.4, 0.5) is 0 Å². The molecular formula is C44H26N4O. The molecule has 0 saturated carbocycles. The molecule has 5 heteroatoms. The lowest BCUT2D eigenvalue weighted by Gasteiger charge is -2.11. The summed E-state index contributed by atoms with van der Waals surface area (Å²) in [5.41, 5.74) is 9.16. The Labute approximate surface area is 279 Å². The van der Waals surface area contributed by atoms with E-state index in [-0.39, 0.29) is 0 Å². The van der Waals surface area contributed by atoms with Gasteiger partial charge in [0.05, 0.1) is 16.6 Å². The first-order valence-corrected chi connectivity index (χ1v) is 16.5. The fourth-order valence-electron chi connectivity index (χ4n) is 7.83. The van der Waals surface area contributed by atoms with Gasteiger partial charge in [0.15, 0.2) is 11.2 Å². The van der Waals surface area contributed by atoms with Gasteiger partial charge in [-0.25, -0.2) is 9.97 Å². The van der Waals surface area contributed by atoms with Gasteiger partial charge < -0.3 is 8.98 Å². The average Bonchev–Trinajstić information content (AvgIpc) is 3.82. The zero-order valence-electron chi connectivity index (χ0n) is 26.2. The number of aromatic nitrogens is 4. The summed E-state index contributed by atoms with van der Waals surface area (Å²) in [4.78, 5) is 10.9. The SMILES string of the molecule is c1ccc(-c2nc(-n3c4ccc5ccccc5c4c4c5ccccc5ccc43)nc3c2oc2c4ccccc4n(-c4ccccc4)c32)cc1. The number of furan rings is 1. The normalized spacial score (nSPS) is 12.1. The minimum atomic E-state index is 0.601. The van der Waals surface area contributed by atoms with Crippen molar-refractivity contribution in [2.75, 3.05) is 0 Å². The Hall–Kier alpha value is -6.72. The van der Waals surface area contributed by atoms with Crippen molar-refractivity contribution < 1.29 is 4.42 Å². The second-order valence-corrected chi connectivity index (χ2v) is 12.6. The molecule has 0 spiro atoms. The van der Waals surface area contributed by atoms with Crippen molar-refractivity contribution >= 4 is 76.5 Å². The molecule has 5 nitrogen and oxygen atoms in total. The lowest BCUT2D eigenvalue weighted by atomic mass is 10.00. The quantitative estimate of drug-likeness (QED) is 0.196. The first-order valence-electron chi connectivity index (χ1n) is 16.5. The third kappa shape index (κ3) is 3.64. The molecule has 0 aliphatic carbocycles. The van der Waals surface area contributed by atoms with Crippen molar-refractivity contribution in [1.82, 2.24) is 19.1 Å². The van der Waals surface area contributed by atoms with E-state index in [1.807, 2.05) is 24.3 Å². The van der Waals surface area contributed by atoms with Crippen molar-refractivity contribution in [3.05, 3.63) is 158 Å². The van der Waals surface area contributed by atoms with Gasteiger partial charge in [-0.05, 0) is 57.9 Å². The molecule has 0 N–H and O–H groups in total. The van der Waals surface area contributed by atoms with Gasteiger partial charge in [0.2, 0.25) is 5.95 Å². The molecule has 228 valence electrons. The number of rotatable bonds is 3. The average molecular weight is 627 g/mol. The molecule has 0 fully saturated rings. The van der Waals surface area contributed by atoms with E-state index in [0.29, 0.717) is 11.5 Å². The van der Waals surface area contributed by atoms with Gasteiger partial charge in [-0.1, -0.05) is 121 Å². The molecule has 11 rings (SSSR count). The number of benzene rings is 7. The van der Waals surface area contributed by atoms with Crippen LogP contribution >= 0.6 is 0 Å². The molecule has 0 aliphatic heterocycles. The zero-order chi connectivity index (χ0) is 32.1. The largest absolute Gasteiger partial charge is 0.450 e. The molecule has 49 heavy (non-hydrogen) atoms. The van der Waals surface area contributed by atoms with E-state index >= 15 is 0 Å². The molecule has 0 radical (unpaired) electrons. The summed E-state index contributed by atoms with van der Waals surface area (Å²) in [6.07, 6.45) is 0. The molecular weight excluding hydrogens is 601 g/mol. The van der Waals surface area contributed by atoms with Crippen LogP contribution in [0, 0.1) is 0 Å². The van der Waals surface area contributed by atoms with Crippen LogP contribution in [0.3, 0.4) is 0 Å². The highest BCUT2D eigenvalue weighted by Gasteiger charge is 2.26. The Bertz CT molecular complexity index is 3000. The predicted octanol–water partition coefficient (Wildman–Crippen LogP) is 11.4. The maximum atomic E-state index is 6.86. The van der Waals surface area contributed by atoms with Gasteiger partial charge in [0.1, 0.15) is 16.7 Å². The van der Waals surface area contributed by atoms with Crippen LogP contribution in [0.25, 0.3) is 99.3 Å². The summed E-state index contributed by atoms with van der Waals surface area (Å²) in [5.74, 6) is 0.601. The minimum Gasteiger partial charge on any atom is -0.450 e. The number of hydrogen-bond acceptors (Lipinski definition) is 3. The number of nitrogens with zero attached hydrogens (tertiary/aromatic N) is 4. The summed E-state index contributed by atoms with van der Waals surface area (Å²) in [5, 5.41) is 8.25. The molecule has 0 saturated heterocycles. The van der Waals surface area contributed by atoms with Gasteiger partial charge in [-0.2, -0.15) is 0 Å². The van der Waals surface area contributed by atoms with Gasteiger partial charge in [-0.15, -0.1) is 0 Å². The van der Waals surface area contributed by atoms with Crippen molar-refractivity contribution in [3.63, 3.8) is 0 Å².